The van der Waals surface area contributed by atoms with E-state index in [1.165, 1.54) is 56.7 Å². The maximum atomic E-state index is 5.66. The molecule has 0 amide bonds. The van der Waals surface area contributed by atoms with Gasteiger partial charge in [-0.1, -0.05) is 0 Å². The van der Waals surface area contributed by atoms with E-state index in [2.05, 4.69) is 16.7 Å². The summed E-state index contributed by atoms with van der Waals surface area (Å²) in [6, 6.07) is 0.879. The molecule has 2 fully saturated rings. The lowest BCUT2D eigenvalue weighted by Gasteiger charge is -2.39. The second-order valence-corrected chi connectivity index (χ2v) is 6.10. The van der Waals surface area contributed by atoms with Crippen molar-refractivity contribution in [2.45, 2.75) is 38.1 Å². The number of rotatable bonds is 3. The second-order valence-electron chi connectivity index (χ2n) is 4.95. The lowest BCUT2D eigenvalue weighted by molar-refractivity contribution is 0.123. The van der Waals surface area contributed by atoms with Crippen LogP contribution in [0.2, 0.25) is 0 Å². The summed E-state index contributed by atoms with van der Waals surface area (Å²) < 4.78 is 0. The standard InChI is InChI=1S/C12H24N2S/c13-6-5-11-3-1-7-14(9-11)12-4-2-8-15-10-12/h11-12H,1-10,13H2. The van der Waals surface area contributed by atoms with Crippen LogP contribution in [-0.2, 0) is 0 Å². The minimum Gasteiger partial charge on any atom is -0.330 e. The average molecular weight is 228 g/mol. The quantitative estimate of drug-likeness (QED) is 0.800. The molecular weight excluding hydrogens is 204 g/mol. The predicted octanol–water partition coefficient (Wildman–Crippen LogP) is 1.94. The van der Waals surface area contributed by atoms with Crippen LogP contribution in [0.5, 0.6) is 0 Å². The number of hydrogen-bond donors (Lipinski definition) is 1. The van der Waals surface area contributed by atoms with Gasteiger partial charge in [0, 0.05) is 18.3 Å². The first kappa shape index (κ1) is 11.7. The van der Waals surface area contributed by atoms with E-state index in [1.807, 2.05) is 0 Å². The van der Waals surface area contributed by atoms with Crippen molar-refractivity contribution in [1.29, 1.82) is 0 Å². The summed E-state index contributed by atoms with van der Waals surface area (Å²) in [6.07, 6.45) is 6.89. The summed E-state index contributed by atoms with van der Waals surface area (Å²) in [7, 11) is 0. The van der Waals surface area contributed by atoms with Gasteiger partial charge in [-0.05, 0) is 56.9 Å². The third kappa shape index (κ3) is 3.36. The SMILES string of the molecule is NCCC1CCCN(C2CCCSC2)C1. The number of nitrogens with two attached hydrogens (primary N) is 1. The highest BCUT2D eigenvalue weighted by atomic mass is 32.2. The molecule has 0 aromatic heterocycles. The first-order chi connectivity index (χ1) is 7.40. The van der Waals surface area contributed by atoms with Crippen LogP contribution in [0.4, 0.5) is 0 Å². The summed E-state index contributed by atoms with van der Waals surface area (Å²) in [5, 5.41) is 0. The van der Waals surface area contributed by atoms with Gasteiger partial charge in [-0.15, -0.1) is 0 Å². The molecule has 0 bridgehead atoms. The van der Waals surface area contributed by atoms with E-state index in [1.54, 1.807) is 0 Å². The minimum absolute atomic E-state index is 0.873. The predicted molar refractivity (Wildman–Crippen MR) is 68.3 cm³/mol. The molecule has 2 atom stereocenters. The van der Waals surface area contributed by atoms with Crippen molar-refractivity contribution in [2.75, 3.05) is 31.1 Å². The van der Waals surface area contributed by atoms with Gasteiger partial charge in [-0.25, -0.2) is 0 Å². The molecular formula is C12H24N2S. The Hall–Kier alpha value is 0.270. The monoisotopic (exact) mass is 228 g/mol. The highest BCUT2D eigenvalue weighted by Gasteiger charge is 2.26. The first-order valence-corrected chi connectivity index (χ1v) is 7.57. The second kappa shape index (κ2) is 6.12. The molecule has 2 heterocycles. The largest absolute Gasteiger partial charge is 0.330 e. The zero-order valence-electron chi connectivity index (χ0n) is 9.66. The molecule has 0 aliphatic carbocycles. The van der Waals surface area contributed by atoms with Crippen LogP contribution in [0.1, 0.15) is 32.1 Å². The molecule has 2 aliphatic rings. The van der Waals surface area contributed by atoms with Crippen LogP contribution in [0.15, 0.2) is 0 Å². The lowest BCUT2D eigenvalue weighted by atomic mass is 9.93. The topological polar surface area (TPSA) is 29.3 Å². The van der Waals surface area contributed by atoms with Crippen LogP contribution in [0.25, 0.3) is 0 Å². The van der Waals surface area contributed by atoms with Crippen molar-refractivity contribution in [3.8, 4) is 0 Å². The number of hydrogen-bond acceptors (Lipinski definition) is 3. The van der Waals surface area contributed by atoms with Crippen LogP contribution in [-0.4, -0.2) is 42.1 Å². The van der Waals surface area contributed by atoms with Crippen LogP contribution >= 0.6 is 11.8 Å². The zero-order valence-corrected chi connectivity index (χ0v) is 10.5. The zero-order chi connectivity index (χ0) is 10.5. The Bertz CT molecular complexity index is 178. The Labute approximate surface area is 98.0 Å². The van der Waals surface area contributed by atoms with Gasteiger partial charge in [0.1, 0.15) is 0 Å². The number of likely N-dealkylation sites (tertiary alicyclic amines) is 1. The van der Waals surface area contributed by atoms with Gasteiger partial charge < -0.3 is 5.73 Å². The minimum atomic E-state index is 0.873. The summed E-state index contributed by atoms with van der Waals surface area (Å²) in [4.78, 5) is 2.75. The Morgan fingerprint density at radius 2 is 2.20 bits per heavy atom. The van der Waals surface area contributed by atoms with Crippen molar-refractivity contribution in [2.24, 2.45) is 11.7 Å². The fraction of sp³-hybridized carbons (Fsp3) is 1.00. The molecule has 2 aliphatic heterocycles. The van der Waals surface area contributed by atoms with Gasteiger partial charge in [0.2, 0.25) is 0 Å². The molecule has 88 valence electrons. The maximum absolute atomic E-state index is 5.66. The molecule has 0 spiro atoms. The molecule has 0 saturated carbocycles. The fourth-order valence-corrected chi connectivity index (χ4v) is 4.10. The van der Waals surface area contributed by atoms with Crippen molar-refractivity contribution < 1.29 is 0 Å². The van der Waals surface area contributed by atoms with E-state index in [0.717, 1.165) is 18.5 Å². The highest BCUT2D eigenvalue weighted by molar-refractivity contribution is 7.99. The van der Waals surface area contributed by atoms with Crippen molar-refractivity contribution in [3.05, 3.63) is 0 Å². The van der Waals surface area contributed by atoms with Gasteiger partial charge in [0.05, 0.1) is 0 Å². The molecule has 0 aromatic rings. The summed E-state index contributed by atoms with van der Waals surface area (Å²) >= 11 is 2.14. The molecule has 2 unspecified atom stereocenters. The Morgan fingerprint density at radius 3 is 2.93 bits per heavy atom. The third-order valence-electron chi connectivity index (χ3n) is 3.78. The van der Waals surface area contributed by atoms with E-state index >= 15 is 0 Å². The van der Waals surface area contributed by atoms with Gasteiger partial charge in [-0.2, -0.15) is 11.8 Å². The van der Waals surface area contributed by atoms with Crippen LogP contribution in [0, 0.1) is 5.92 Å². The average Bonchev–Trinajstić information content (AvgIpc) is 2.31. The normalized spacial score (nSPS) is 34.2. The van der Waals surface area contributed by atoms with E-state index in [4.69, 9.17) is 5.73 Å². The summed E-state index contributed by atoms with van der Waals surface area (Å²) in [5.41, 5.74) is 5.66. The molecule has 2 N–H and O–H groups in total. The van der Waals surface area contributed by atoms with Crippen molar-refractivity contribution in [1.82, 2.24) is 4.90 Å². The summed E-state index contributed by atoms with van der Waals surface area (Å²) in [6.45, 7) is 3.53. The third-order valence-corrected chi connectivity index (χ3v) is 4.98. The molecule has 0 aromatic carbocycles. The lowest BCUT2D eigenvalue weighted by Crippen LogP contribution is -2.45. The number of nitrogens with zero attached hydrogens (tertiary/aromatic N) is 1. The molecule has 0 radical (unpaired) electrons. The molecule has 2 nitrogen and oxygen atoms in total. The van der Waals surface area contributed by atoms with Gasteiger partial charge in [0.25, 0.3) is 0 Å². The summed E-state index contributed by atoms with van der Waals surface area (Å²) in [5.74, 6) is 3.64. The van der Waals surface area contributed by atoms with Gasteiger partial charge in [-0.3, -0.25) is 4.90 Å². The van der Waals surface area contributed by atoms with E-state index in [-0.39, 0.29) is 0 Å². The molecule has 2 saturated heterocycles. The Morgan fingerprint density at radius 1 is 1.27 bits per heavy atom. The van der Waals surface area contributed by atoms with Crippen molar-refractivity contribution >= 4 is 11.8 Å². The maximum Gasteiger partial charge on any atom is 0.0186 e. The van der Waals surface area contributed by atoms with E-state index < -0.39 is 0 Å². The van der Waals surface area contributed by atoms with Crippen molar-refractivity contribution in [3.63, 3.8) is 0 Å². The van der Waals surface area contributed by atoms with Crippen LogP contribution in [0.3, 0.4) is 0 Å². The Kier molecular flexibility index (Phi) is 4.79. The number of thioether (sulfide) groups is 1. The molecule has 3 heteroatoms. The van der Waals surface area contributed by atoms with E-state index in [0.29, 0.717) is 0 Å². The van der Waals surface area contributed by atoms with Gasteiger partial charge >= 0.3 is 0 Å². The van der Waals surface area contributed by atoms with E-state index in [9.17, 15) is 0 Å². The first-order valence-electron chi connectivity index (χ1n) is 6.42. The molecule has 15 heavy (non-hydrogen) atoms. The smallest absolute Gasteiger partial charge is 0.0186 e. The highest BCUT2D eigenvalue weighted by Crippen LogP contribution is 2.27. The number of piperidine rings is 1. The fourth-order valence-electron chi connectivity index (χ4n) is 2.91. The molecule has 2 rings (SSSR count). The Balaban J connectivity index is 1.80. The van der Waals surface area contributed by atoms with Crippen LogP contribution < -0.4 is 5.73 Å². The van der Waals surface area contributed by atoms with Gasteiger partial charge in [0.15, 0.2) is 0 Å².